The van der Waals surface area contributed by atoms with Gasteiger partial charge in [-0.3, -0.25) is 0 Å². The molecule has 3 aromatic carbocycles. The molecule has 4 unspecified atom stereocenters. The predicted molar refractivity (Wildman–Crippen MR) is 194 cm³/mol. The first kappa shape index (κ1) is 36.2. The summed E-state index contributed by atoms with van der Waals surface area (Å²) in [5, 5.41) is 10.1. The van der Waals surface area contributed by atoms with Gasteiger partial charge in [-0.05, 0) is 99.4 Å². The lowest BCUT2D eigenvalue weighted by molar-refractivity contribution is -0.109. The second-order valence-corrected chi connectivity index (χ2v) is 13.6. The third-order valence-corrected chi connectivity index (χ3v) is 9.26. The van der Waals surface area contributed by atoms with Gasteiger partial charge in [0.15, 0.2) is 25.2 Å². The van der Waals surface area contributed by atoms with E-state index in [0.29, 0.717) is 55.0 Å². The molecule has 1 N–H and O–H groups in total. The van der Waals surface area contributed by atoms with Crippen molar-refractivity contribution in [3.05, 3.63) is 82.4 Å². The van der Waals surface area contributed by atoms with Crippen molar-refractivity contribution in [2.24, 2.45) is 0 Å². The molecule has 274 valence electrons. The molecule has 4 fully saturated rings. The van der Waals surface area contributed by atoms with E-state index in [-0.39, 0.29) is 31.8 Å². The summed E-state index contributed by atoms with van der Waals surface area (Å²) in [6.45, 7) is 2.62. The van der Waals surface area contributed by atoms with Crippen LogP contribution in [-0.4, -0.2) is 56.7 Å². The van der Waals surface area contributed by atoms with Crippen LogP contribution in [-0.2, 0) is 25.6 Å². The normalized spacial score (nSPS) is 23.2. The Morgan fingerprint density at radius 2 is 0.731 bits per heavy atom. The maximum atomic E-state index is 10.1. The Labute approximate surface area is 306 Å². The van der Waals surface area contributed by atoms with Gasteiger partial charge in [0.1, 0.15) is 23.0 Å². The van der Waals surface area contributed by atoms with Crippen LogP contribution in [0.15, 0.2) is 54.6 Å². The summed E-state index contributed by atoms with van der Waals surface area (Å²) in [5.41, 5.74) is 3.62. The predicted octanol–water partition coefficient (Wildman–Crippen LogP) is 7.60. The second kappa shape index (κ2) is 18.5. The van der Waals surface area contributed by atoms with Crippen molar-refractivity contribution >= 4 is 0 Å². The molecular formula is C43H48O9. The molecule has 0 saturated carbocycles. The zero-order valence-corrected chi connectivity index (χ0v) is 29.7. The molecule has 0 amide bonds. The van der Waals surface area contributed by atoms with Crippen LogP contribution in [0.3, 0.4) is 0 Å². The zero-order valence-electron chi connectivity index (χ0n) is 29.7. The van der Waals surface area contributed by atoms with Crippen molar-refractivity contribution in [3.8, 4) is 46.7 Å². The van der Waals surface area contributed by atoms with Gasteiger partial charge in [-0.1, -0.05) is 23.7 Å². The second-order valence-electron chi connectivity index (χ2n) is 13.6. The van der Waals surface area contributed by atoms with Crippen LogP contribution in [0.25, 0.3) is 0 Å². The standard InChI is InChI=1S/C43H48O9/c44-30-35-22-31(13-15-33-24-36(49-40-9-1-5-17-45-40)28-37(25-33)50-41-10-2-6-18-46-41)21-32(23-35)14-16-34-26-38(51-42-11-3-7-19-47-42)29-39(27-34)52-43-12-4-8-20-48-43/h21-29,40-44H,1-12,17-20,30H2. The van der Waals surface area contributed by atoms with Crippen LogP contribution in [0.5, 0.6) is 23.0 Å². The van der Waals surface area contributed by atoms with E-state index in [1.807, 2.05) is 54.6 Å². The molecule has 4 aliphatic rings. The molecule has 0 aromatic heterocycles. The highest BCUT2D eigenvalue weighted by atomic mass is 16.7. The summed E-state index contributed by atoms with van der Waals surface area (Å²) in [5.74, 6) is 15.7. The fraction of sp³-hybridized carbons (Fsp3) is 0.488. The van der Waals surface area contributed by atoms with Crippen LogP contribution in [0.2, 0.25) is 0 Å². The van der Waals surface area contributed by atoms with Gasteiger partial charge in [0.2, 0.25) is 0 Å². The van der Waals surface area contributed by atoms with E-state index in [1.165, 1.54) is 0 Å². The first-order valence-corrected chi connectivity index (χ1v) is 18.9. The maximum Gasteiger partial charge on any atom is 0.199 e. The van der Waals surface area contributed by atoms with Gasteiger partial charge < -0.3 is 43.0 Å². The van der Waals surface area contributed by atoms with Gasteiger partial charge in [-0.15, -0.1) is 0 Å². The highest BCUT2D eigenvalue weighted by molar-refractivity contribution is 5.54. The molecule has 0 radical (unpaired) electrons. The van der Waals surface area contributed by atoms with Gasteiger partial charge >= 0.3 is 0 Å². The van der Waals surface area contributed by atoms with E-state index in [2.05, 4.69) is 23.7 Å². The van der Waals surface area contributed by atoms with E-state index in [1.54, 1.807) is 0 Å². The highest BCUT2D eigenvalue weighted by Crippen LogP contribution is 2.30. The molecule has 0 bridgehead atoms. The van der Waals surface area contributed by atoms with Crippen molar-refractivity contribution in [2.75, 3.05) is 26.4 Å². The molecule has 3 aromatic rings. The number of rotatable bonds is 9. The Kier molecular flexibility index (Phi) is 12.9. The topological polar surface area (TPSA) is 94.1 Å². The molecule has 4 heterocycles. The van der Waals surface area contributed by atoms with Crippen LogP contribution >= 0.6 is 0 Å². The molecule has 7 rings (SSSR count). The van der Waals surface area contributed by atoms with Crippen LogP contribution in [0, 0.1) is 23.7 Å². The average molecular weight is 709 g/mol. The van der Waals surface area contributed by atoms with E-state index in [4.69, 9.17) is 37.9 Å². The first-order valence-electron chi connectivity index (χ1n) is 18.9. The molecule has 9 heteroatoms. The monoisotopic (exact) mass is 708 g/mol. The Balaban J connectivity index is 1.13. The molecule has 9 nitrogen and oxygen atoms in total. The summed E-state index contributed by atoms with van der Waals surface area (Å²) < 4.78 is 48.2. The van der Waals surface area contributed by atoms with Gasteiger partial charge in [0, 0.05) is 60.1 Å². The lowest BCUT2D eigenvalue weighted by atomic mass is 10.1. The van der Waals surface area contributed by atoms with Gasteiger partial charge in [-0.2, -0.15) is 0 Å². The third-order valence-electron chi connectivity index (χ3n) is 9.26. The smallest absolute Gasteiger partial charge is 0.199 e. The summed E-state index contributed by atoms with van der Waals surface area (Å²) in [7, 11) is 0. The average Bonchev–Trinajstić information content (AvgIpc) is 3.18. The van der Waals surface area contributed by atoms with Crippen molar-refractivity contribution in [2.45, 2.75) is 109 Å². The minimum absolute atomic E-state index is 0.140. The largest absolute Gasteiger partial charge is 0.465 e. The fourth-order valence-corrected chi connectivity index (χ4v) is 6.60. The van der Waals surface area contributed by atoms with Gasteiger partial charge in [-0.25, -0.2) is 0 Å². The Morgan fingerprint density at radius 1 is 0.423 bits per heavy atom. The molecule has 4 saturated heterocycles. The number of aliphatic hydroxyl groups is 1. The van der Waals surface area contributed by atoms with E-state index in [0.717, 1.165) is 99.3 Å². The SMILES string of the molecule is OCc1cc(C#Cc2cc(OC3CCCCO3)cc(OC3CCCCO3)c2)cc(C#Cc2cc(OC3CCCCO3)cc(OC3CCCCO3)c2)c1. The summed E-state index contributed by atoms with van der Waals surface area (Å²) >= 11 is 0. The fourth-order valence-electron chi connectivity index (χ4n) is 6.60. The van der Waals surface area contributed by atoms with Crippen LogP contribution < -0.4 is 18.9 Å². The van der Waals surface area contributed by atoms with Crippen molar-refractivity contribution < 1.29 is 43.0 Å². The van der Waals surface area contributed by atoms with Gasteiger partial charge in [0.25, 0.3) is 0 Å². The molecule has 4 atom stereocenters. The highest BCUT2D eigenvalue weighted by Gasteiger charge is 2.20. The lowest BCUT2D eigenvalue weighted by Crippen LogP contribution is -2.26. The Bertz CT molecular complexity index is 1540. The number of benzene rings is 3. The number of hydrogen-bond acceptors (Lipinski definition) is 9. The van der Waals surface area contributed by atoms with Crippen molar-refractivity contribution in [1.29, 1.82) is 0 Å². The number of aliphatic hydroxyl groups excluding tert-OH is 1. The Morgan fingerprint density at radius 3 is 1.00 bits per heavy atom. The van der Waals surface area contributed by atoms with E-state index < -0.39 is 0 Å². The first-order chi connectivity index (χ1) is 25.6. The van der Waals surface area contributed by atoms with Gasteiger partial charge in [0.05, 0.1) is 33.0 Å². The Hall–Kier alpha value is -4.22. The molecule has 0 spiro atoms. The van der Waals surface area contributed by atoms with Crippen molar-refractivity contribution in [3.63, 3.8) is 0 Å². The van der Waals surface area contributed by atoms with Crippen molar-refractivity contribution in [1.82, 2.24) is 0 Å². The minimum Gasteiger partial charge on any atom is -0.465 e. The quantitative estimate of drug-likeness (QED) is 0.226. The van der Waals surface area contributed by atoms with Crippen LogP contribution in [0.1, 0.15) is 105 Å². The third kappa shape index (κ3) is 10.9. The number of ether oxygens (including phenoxy) is 8. The summed E-state index contributed by atoms with van der Waals surface area (Å²) in [6.07, 6.45) is 10.6. The summed E-state index contributed by atoms with van der Waals surface area (Å²) in [6, 6.07) is 17.0. The lowest BCUT2D eigenvalue weighted by Gasteiger charge is -2.25. The van der Waals surface area contributed by atoms with E-state index in [9.17, 15) is 5.11 Å². The van der Waals surface area contributed by atoms with Crippen LogP contribution in [0.4, 0.5) is 0 Å². The zero-order chi connectivity index (χ0) is 35.4. The minimum atomic E-state index is -0.297. The molecule has 52 heavy (non-hydrogen) atoms. The van der Waals surface area contributed by atoms with E-state index >= 15 is 0 Å². The molecule has 4 aliphatic heterocycles. The molecular weight excluding hydrogens is 660 g/mol. The molecule has 0 aliphatic carbocycles. The number of hydrogen-bond donors (Lipinski definition) is 1. The maximum absolute atomic E-state index is 10.1. The summed E-state index contributed by atoms with van der Waals surface area (Å²) in [4.78, 5) is 0.